The second-order valence-electron chi connectivity index (χ2n) is 5.48. The van der Waals surface area contributed by atoms with Crippen molar-refractivity contribution in [2.24, 2.45) is 5.73 Å². The quantitative estimate of drug-likeness (QED) is 0.593. The van der Waals surface area contributed by atoms with Crippen molar-refractivity contribution in [3.8, 4) is 0 Å². The minimum atomic E-state index is 0.393. The van der Waals surface area contributed by atoms with Gasteiger partial charge in [0.1, 0.15) is 10.8 Å². The number of hydrogen-bond acceptors (Lipinski definition) is 3. The molecule has 0 aliphatic carbocycles. The lowest BCUT2D eigenvalue weighted by Crippen LogP contribution is -2.17. The number of thiocarbonyl (C=S) groups is 1. The van der Waals surface area contributed by atoms with Gasteiger partial charge in [-0.05, 0) is 25.5 Å². The topological polar surface area (TPSA) is 50.9 Å². The van der Waals surface area contributed by atoms with Gasteiger partial charge < -0.3 is 11.1 Å². The molecule has 2 aromatic rings. The molecule has 3 nitrogen and oxygen atoms in total. The minimum Gasteiger partial charge on any atom is -0.389 e. The maximum atomic E-state index is 5.85. The minimum absolute atomic E-state index is 0.393. The summed E-state index contributed by atoms with van der Waals surface area (Å²) < 4.78 is 0. The van der Waals surface area contributed by atoms with E-state index in [1.54, 1.807) is 0 Å². The van der Waals surface area contributed by atoms with Crippen molar-refractivity contribution < 1.29 is 0 Å². The molecule has 1 aromatic heterocycles. The molecule has 2 rings (SSSR count). The van der Waals surface area contributed by atoms with E-state index in [0.29, 0.717) is 11.0 Å². The molecule has 21 heavy (non-hydrogen) atoms. The van der Waals surface area contributed by atoms with Crippen LogP contribution in [0.5, 0.6) is 0 Å². The zero-order chi connectivity index (χ0) is 15.2. The summed E-state index contributed by atoms with van der Waals surface area (Å²) in [5, 5.41) is 4.47. The van der Waals surface area contributed by atoms with Crippen LogP contribution in [-0.4, -0.2) is 16.0 Å². The smallest absolute Gasteiger partial charge is 0.127 e. The number of anilines is 1. The molecule has 0 aliphatic heterocycles. The van der Waals surface area contributed by atoms with E-state index >= 15 is 0 Å². The number of aromatic nitrogens is 1. The molecule has 0 radical (unpaired) electrons. The number of fused-ring (bicyclic) bond motifs is 1. The van der Waals surface area contributed by atoms with Crippen LogP contribution in [0.2, 0.25) is 0 Å². The average Bonchev–Trinajstić information content (AvgIpc) is 2.46. The first-order valence-corrected chi connectivity index (χ1v) is 7.98. The molecule has 1 aromatic carbocycles. The van der Waals surface area contributed by atoms with Gasteiger partial charge in [-0.1, -0.05) is 56.6 Å². The van der Waals surface area contributed by atoms with Crippen LogP contribution in [0, 0.1) is 0 Å². The molecule has 0 aliphatic rings. The highest BCUT2D eigenvalue weighted by Gasteiger charge is 2.09. The highest BCUT2D eigenvalue weighted by molar-refractivity contribution is 7.80. The van der Waals surface area contributed by atoms with Gasteiger partial charge in [-0.3, -0.25) is 0 Å². The Hall–Kier alpha value is -1.68. The van der Waals surface area contributed by atoms with Crippen LogP contribution in [-0.2, 0) is 0 Å². The van der Waals surface area contributed by atoms with E-state index in [1.165, 1.54) is 19.3 Å². The summed E-state index contributed by atoms with van der Waals surface area (Å²) in [7, 11) is 0. The van der Waals surface area contributed by atoms with Gasteiger partial charge in [0.25, 0.3) is 0 Å². The number of pyridine rings is 1. The number of nitrogens with one attached hydrogen (secondary N) is 1. The fourth-order valence-electron chi connectivity index (χ4n) is 2.48. The Morgan fingerprint density at radius 3 is 2.81 bits per heavy atom. The van der Waals surface area contributed by atoms with Gasteiger partial charge in [0.2, 0.25) is 0 Å². The Bertz CT molecular complexity index is 624. The molecule has 3 N–H and O–H groups in total. The van der Waals surface area contributed by atoms with E-state index in [-0.39, 0.29) is 0 Å². The maximum Gasteiger partial charge on any atom is 0.127 e. The van der Waals surface area contributed by atoms with Crippen LogP contribution < -0.4 is 11.1 Å². The Morgan fingerprint density at radius 1 is 1.33 bits per heavy atom. The molecule has 0 spiro atoms. The van der Waals surface area contributed by atoms with E-state index in [0.717, 1.165) is 28.7 Å². The first-order valence-electron chi connectivity index (χ1n) is 7.58. The Balaban J connectivity index is 2.22. The lowest BCUT2D eigenvalue weighted by atomic mass is 10.1. The van der Waals surface area contributed by atoms with Crippen LogP contribution in [0.25, 0.3) is 10.9 Å². The van der Waals surface area contributed by atoms with E-state index in [4.69, 9.17) is 18.0 Å². The molecule has 1 heterocycles. The second kappa shape index (κ2) is 7.36. The molecule has 0 amide bonds. The maximum absolute atomic E-state index is 5.85. The van der Waals surface area contributed by atoms with Gasteiger partial charge in [0.05, 0.1) is 5.52 Å². The van der Waals surface area contributed by atoms with Crippen molar-refractivity contribution in [3.05, 3.63) is 35.9 Å². The van der Waals surface area contributed by atoms with Crippen molar-refractivity contribution in [3.63, 3.8) is 0 Å². The highest BCUT2D eigenvalue weighted by Crippen LogP contribution is 2.21. The lowest BCUT2D eigenvalue weighted by Gasteiger charge is -2.16. The van der Waals surface area contributed by atoms with Crippen LogP contribution in [0.3, 0.4) is 0 Å². The van der Waals surface area contributed by atoms with Gasteiger partial charge in [0.15, 0.2) is 0 Å². The Kier molecular flexibility index (Phi) is 5.51. The molecule has 0 bridgehead atoms. The summed E-state index contributed by atoms with van der Waals surface area (Å²) in [5.74, 6) is 0.848. The van der Waals surface area contributed by atoms with Crippen molar-refractivity contribution in [1.29, 1.82) is 0 Å². The number of unbranched alkanes of at least 4 members (excludes halogenated alkanes) is 2. The zero-order valence-electron chi connectivity index (χ0n) is 12.7. The van der Waals surface area contributed by atoms with Crippen LogP contribution >= 0.6 is 12.2 Å². The first-order chi connectivity index (χ1) is 10.1. The molecular weight excluding hydrogens is 278 g/mol. The van der Waals surface area contributed by atoms with Crippen molar-refractivity contribution in [1.82, 2.24) is 4.98 Å². The molecule has 1 atom stereocenters. The van der Waals surface area contributed by atoms with Gasteiger partial charge in [-0.15, -0.1) is 0 Å². The van der Waals surface area contributed by atoms with Gasteiger partial charge >= 0.3 is 0 Å². The van der Waals surface area contributed by atoms with Crippen molar-refractivity contribution in [2.45, 2.75) is 45.6 Å². The summed E-state index contributed by atoms with van der Waals surface area (Å²) in [5.41, 5.74) is 7.66. The number of para-hydroxylation sites is 1. The number of nitrogens with two attached hydrogens (primary N) is 1. The normalized spacial score (nSPS) is 12.3. The number of nitrogens with zero attached hydrogens (tertiary/aromatic N) is 1. The zero-order valence-corrected chi connectivity index (χ0v) is 13.5. The predicted molar refractivity (Wildman–Crippen MR) is 94.9 cm³/mol. The summed E-state index contributed by atoms with van der Waals surface area (Å²) in [4.78, 5) is 5.07. The number of rotatable bonds is 7. The van der Waals surface area contributed by atoms with Crippen molar-refractivity contribution >= 4 is 33.9 Å². The van der Waals surface area contributed by atoms with Crippen LogP contribution in [0.15, 0.2) is 30.3 Å². The molecule has 0 fully saturated rings. The first kappa shape index (κ1) is 15.7. The summed E-state index contributed by atoms with van der Waals surface area (Å²) in [6.07, 6.45) is 4.90. The van der Waals surface area contributed by atoms with Crippen molar-refractivity contribution in [2.75, 3.05) is 5.32 Å². The third-order valence-corrected chi connectivity index (χ3v) is 3.84. The van der Waals surface area contributed by atoms with Gasteiger partial charge in [-0.2, -0.15) is 0 Å². The molecule has 0 saturated carbocycles. The molecular formula is C17H23N3S. The third kappa shape index (κ3) is 4.14. The largest absolute Gasteiger partial charge is 0.389 e. The molecule has 1 unspecified atom stereocenters. The number of benzene rings is 1. The summed E-state index contributed by atoms with van der Waals surface area (Å²) >= 11 is 5.17. The van der Waals surface area contributed by atoms with E-state index < -0.39 is 0 Å². The fraction of sp³-hybridized carbons (Fsp3) is 0.412. The second-order valence-corrected chi connectivity index (χ2v) is 5.92. The number of hydrogen-bond donors (Lipinski definition) is 2. The lowest BCUT2D eigenvalue weighted by molar-refractivity contribution is 0.614. The molecule has 4 heteroatoms. The predicted octanol–water partition coefficient (Wildman–Crippen LogP) is 4.25. The standard InChI is InChI=1S/C17H23N3S/c1-3-4-5-8-12(2)19-16-11-14(17(18)21)13-9-6-7-10-15(13)20-16/h6-7,9-12H,3-5,8H2,1-2H3,(H2,18,21)(H,19,20). The molecule has 0 saturated heterocycles. The van der Waals surface area contributed by atoms with Gasteiger partial charge in [0, 0.05) is 17.0 Å². The Labute approximate surface area is 132 Å². The van der Waals surface area contributed by atoms with E-state index in [9.17, 15) is 0 Å². The van der Waals surface area contributed by atoms with Gasteiger partial charge in [-0.25, -0.2) is 4.98 Å². The van der Waals surface area contributed by atoms with Crippen LogP contribution in [0.4, 0.5) is 5.82 Å². The fourth-order valence-corrected chi connectivity index (χ4v) is 2.65. The molecule has 112 valence electrons. The summed E-state index contributed by atoms with van der Waals surface area (Å²) in [6.45, 7) is 4.41. The van der Waals surface area contributed by atoms with Crippen LogP contribution in [0.1, 0.15) is 45.1 Å². The van der Waals surface area contributed by atoms with E-state index in [1.807, 2.05) is 30.3 Å². The third-order valence-electron chi connectivity index (χ3n) is 3.62. The monoisotopic (exact) mass is 301 g/mol. The highest BCUT2D eigenvalue weighted by atomic mass is 32.1. The Morgan fingerprint density at radius 2 is 2.10 bits per heavy atom. The SMILES string of the molecule is CCCCCC(C)Nc1cc(C(N)=S)c2ccccc2n1. The van der Waals surface area contributed by atoms with E-state index in [2.05, 4.69) is 24.1 Å². The summed E-state index contributed by atoms with van der Waals surface area (Å²) in [6, 6.07) is 10.3. The average molecular weight is 301 g/mol.